The third-order valence-corrected chi connectivity index (χ3v) is 3.03. The molecule has 0 aliphatic rings. The molecule has 2 rings (SSSR count). The van der Waals surface area contributed by atoms with E-state index in [2.05, 4.69) is 10.6 Å². The summed E-state index contributed by atoms with van der Waals surface area (Å²) in [6.45, 7) is 2.65. The molecule has 1 heterocycles. The number of furan rings is 1. The highest BCUT2D eigenvalue weighted by molar-refractivity contribution is 6.31. The largest absolute Gasteiger partial charge is 0.468 e. The van der Waals surface area contributed by atoms with Gasteiger partial charge >= 0.3 is 0 Å². The van der Waals surface area contributed by atoms with Gasteiger partial charge in [-0.05, 0) is 36.8 Å². The maximum Gasteiger partial charge on any atom is 0.238 e. The molecule has 5 heteroatoms. The van der Waals surface area contributed by atoms with Crippen LogP contribution in [-0.4, -0.2) is 12.5 Å². The topological polar surface area (TPSA) is 54.3 Å². The maximum atomic E-state index is 11.7. The lowest BCUT2D eigenvalue weighted by atomic mass is 10.2. The molecular weight excluding hydrogens is 264 g/mol. The Bertz CT molecular complexity index is 553. The zero-order valence-corrected chi connectivity index (χ0v) is 11.3. The zero-order valence-electron chi connectivity index (χ0n) is 10.6. The molecule has 0 radical (unpaired) electrons. The minimum atomic E-state index is -0.119. The predicted molar refractivity (Wildman–Crippen MR) is 75.2 cm³/mol. The van der Waals surface area contributed by atoms with Crippen LogP contribution in [0.5, 0.6) is 0 Å². The number of halogens is 1. The molecule has 0 atom stereocenters. The van der Waals surface area contributed by atoms with Crippen LogP contribution in [0, 0.1) is 6.92 Å². The van der Waals surface area contributed by atoms with E-state index in [0.717, 1.165) is 11.3 Å². The number of anilines is 1. The van der Waals surface area contributed by atoms with E-state index in [4.69, 9.17) is 16.0 Å². The van der Waals surface area contributed by atoms with Crippen molar-refractivity contribution in [3.63, 3.8) is 0 Å². The Labute approximate surface area is 116 Å². The summed E-state index contributed by atoms with van der Waals surface area (Å²) in [5.74, 6) is 0.678. The lowest BCUT2D eigenvalue weighted by Crippen LogP contribution is -2.27. The molecule has 2 N–H and O–H groups in total. The third kappa shape index (κ3) is 4.12. The number of carbonyl (C=O) groups excluding carboxylic acids is 1. The van der Waals surface area contributed by atoms with Crippen LogP contribution in [0.2, 0.25) is 5.02 Å². The van der Waals surface area contributed by atoms with Crippen LogP contribution in [0.1, 0.15) is 11.3 Å². The summed E-state index contributed by atoms with van der Waals surface area (Å²) in [4.78, 5) is 11.7. The molecule has 0 bridgehead atoms. The average molecular weight is 279 g/mol. The summed E-state index contributed by atoms with van der Waals surface area (Å²) in [6.07, 6.45) is 1.60. The van der Waals surface area contributed by atoms with Crippen LogP contribution in [0.15, 0.2) is 41.0 Å². The molecule has 0 aliphatic carbocycles. The van der Waals surface area contributed by atoms with Gasteiger partial charge in [-0.3, -0.25) is 4.79 Å². The fourth-order valence-corrected chi connectivity index (χ4v) is 1.77. The Hall–Kier alpha value is -1.78. The summed E-state index contributed by atoms with van der Waals surface area (Å²) in [5.41, 5.74) is 1.68. The molecule has 2 aromatic rings. The number of nitrogens with one attached hydrogen (secondary N) is 2. The summed E-state index contributed by atoms with van der Waals surface area (Å²) >= 11 is 5.99. The van der Waals surface area contributed by atoms with Crippen LogP contribution >= 0.6 is 11.6 Å². The Morgan fingerprint density at radius 3 is 2.89 bits per heavy atom. The monoisotopic (exact) mass is 278 g/mol. The van der Waals surface area contributed by atoms with E-state index >= 15 is 0 Å². The van der Waals surface area contributed by atoms with Crippen LogP contribution < -0.4 is 10.6 Å². The number of aryl methyl sites for hydroxylation is 1. The summed E-state index contributed by atoms with van der Waals surface area (Å²) in [6, 6.07) is 9.09. The van der Waals surface area contributed by atoms with E-state index in [9.17, 15) is 4.79 Å². The van der Waals surface area contributed by atoms with Gasteiger partial charge in [0.05, 0.1) is 19.4 Å². The normalized spacial score (nSPS) is 10.4. The molecule has 100 valence electrons. The van der Waals surface area contributed by atoms with E-state index in [-0.39, 0.29) is 12.5 Å². The highest BCUT2D eigenvalue weighted by atomic mass is 35.5. The Kier molecular flexibility index (Phi) is 4.60. The van der Waals surface area contributed by atoms with Crippen molar-refractivity contribution in [3.05, 3.63) is 52.9 Å². The van der Waals surface area contributed by atoms with E-state index < -0.39 is 0 Å². The molecule has 1 amide bonds. The van der Waals surface area contributed by atoms with Crippen molar-refractivity contribution in [3.8, 4) is 0 Å². The van der Waals surface area contributed by atoms with E-state index in [1.165, 1.54) is 0 Å². The molecule has 19 heavy (non-hydrogen) atoms. The molecule has 1 aromatic carbocycles. The predicted octanol–water partition coefficient (Wildman–Crippen LogP) is 2.97. The number of rotatable bonds is 5. The van der Waals surface area contributed by atoms with Crippen molar-refractivity contribution in [2.24, 2.45) is 0 Å². The first-order chi connectivity index (χ1) is 9.15. The van der Waals surface area contributed by atoms with Crippen molar-refractivity contribution >= 4 is 23.2 Å². The zero-order chi connectivity index (χ0) is 13.7. The van der Waals surface area contributed by atoms with Gasteiger partial charge in [-0.25, -0.2) is 0 Å². The first-order valence-corrected chi connectivity index (χ1v) is 6.32. The van der Waals surface area contributed by atoms with Gasteiger partial charge in [-0.1, -0.05) is 17.7 Å². The van der Waals surface area contributed by atoms with Gasteiger partial charge < -0.3 is 15.1 Å². The van der Waals surface area contributed by atoms with Gasteiger partial charge in [0.15, 0.2) is 0 Å². The van der Waals surface area contributed by atoms with E-state index in [1.54, 1.807) is 12.3 Å². The second-order valence-corrected chi connectivity index (χ2v) is 4.60. The van der Waals surface area contributed by atoms with Gasteiger partial charge in [0.1, 0.15) is 5.76 Å². The minimum Gasteiger partial charge on any atom is -0.468 e. The van der Waals surface area contributed by atoms with Gasteiger partial charge in [0, 0.05) is 10.7 Å². The second-order valence-electron chi connectivity index (χ2n) is 4.20. The molecule has 0 spiro atoms. The summed E-state index contributed by atoms with van der Waals surface area (Å²) in [7, 11) is 0. The van der Waals surface area contributed by atoms with Gasteiger partial charge in [0.2, 0.25) is 5.91 Å². The van der Waals surface area contributed by atoms with Crippen LogP contribution in [0.3, 0.4) is 0 Å². The molecule has 0 fully saturated rings. The lowest BCUT2D eigenvalue weighted by molar-refractivity contribution is -0.115. The molecule has 0 aliphatic heterocycles. The van der Waals surface area contributed by atoms with E-state index in [1.807, 2.05) is 31.2 Å². The van der Waals surface area contributed by atoms with Crippen molar-refractivity contribution < 1.29 is 9.21 Å². The highest BCUT2D eigenvalue weighted by Gasteiger charge is 2.04. The second kappa shape index (κ2) is 6.41. The van der Waals surface area contributed by atoms with Gasteiger partial charge in [-0.15, -0.1) is 0 Å². The van der Waals surface area contributed by atoms with Crippen molar-refractivity contribution in [2.75, 3.05) is 11.9 Å². The SMILES string of the molecule is Cc1ccc(NC(=O)CNCc2ccco2)cc1Cl. The standard InChI is InChI=1S/C14H15ClN2O2/c1-10-4-5-11(7-13(10)15)17-14(18)9-16-8-12-3-2-6-19-12/h2-7,16H,8-9H2,1H3,(H,17,18). The number of hydrogen-bond acceptors (Lipinski definition) is 3. The van der Waals surface area contributed by atoms with Gasteiger partial charge in [0.25, 0.3) is 0 Å². The van der Waals surface area contributed by atoms with Crippen LogP contribution in [0.25, 0.3) is 0 Å². The number of amides is 1. The fraction of sp³-hybridized carbons (Fsp3) is 0.214. The average Bonchev–Trinajstić information content (AvgIpc) is 2.87. The van der Waals surface area contributed by atoms with Crippen molar-refractivity contribution in [2.45, 2.75) is 13.5 Å². The Balaban J connectivity index is 1.79. The number of benzene rings is 1. The van der Waals surface area contributed by atoms with Crippen LogP contribution in [-0.2, 0) is 11.3 Å². The highest BCUT2D eigenvalue weighted by Crippen LogP contribution is 2.19. The third-order valence-electron chi connectivity index (χ3n) is 2.62. The summed E-state index contributed by atoms with van der Waals surface area (Å²) in [5, 5.41) is 6.41. The van der Waals surface area contributed by atoms with Crippen molar-refractivity contribution in [1.29, 1.82) is 0 Å². The molecular formula is C14H15ClN2O2. The fourth-order valence-electron chi connectivity index (χ4n) is 1.59. The Morgan fingerprint density at radius 1 is 1.37 bits per heavy atom. The minimum absolute atomic E-state index is 0.119. The molecule has 0 saturated carbocycles. The molecule has 4 nitrogen and oxygen atoms in total. The first-order valence-electron chi connectivity index (χ1n) is 5.94. The maximum absolute atomic E-state index is 11.7. The van der Waals surface area contributed by atoms with Crippen molar-refractivity contribution in [1.82, 2.24) is 5.32 Å². The Morgan fingerprint density at radius 2 is 2.21 bits per heavy atom. The number of hydrogen-bond donors (Lipinski definition) is 2. The number of carbonyl (C=O) groups is 1. The molecule has 0 unspecified atom stereocenters. The summed E-state index contributed by atoms with van der Waals surface area (Å²) < 4.78 is 5.15. The molecule has 0 saturated heterocycles. The first kappa shape index (κ1) is 13.6. The lowest BCUT2D eigenvalue weighted by Gasteiger charge is -2.07. The smallest absolute Gasteiger partial charge is 0.238 e. The van der Waals surface area contributed by atoms with Crippen LogP contribution in [0.4, 0.5) is 5.69 Å². The van der Waals surface area contributed by atoms with Gasteiger partial charge in [-0.2, -0.15) is 0 Å². The molecule has 1 aromatic heterocycles. The quantitative estimate of drug-likeness (QED) is 0.884. The van der Waals surface area contributed by atoms with E-state index in [0.29, 0.717) is 17.3 Å².